The highest BCUT2D eigenvalue weighted by molar-refractivity contribution is 4.77. The molecule has 0 bridgehead atoms. The molecule has 3 nitrogen and oxygen atoms in total. The lowest BCUT2D eigenvalue weighted by Crippen LogP contribution is -2.43. The van der Waals surface area contributed by atoms with Crippen molar-refractivity contribution >= 4 is 0 Å². The first-order chi connectivity index (χ1) is 6.88. The molecule has 1 aliphatic heterocycles. The summed E-state index contributed by atoms with van der Waals surface area (Å²) < 4.78 is 5.27. The fraction of sp³-hybridized carbons (Fsp3) is 1.00. The van der Waals surface area contributed by atoms with Crippen molar-refractivity contribution in [3.63, 3.8) is 0 Å². The van der Waals surface area contributed by atoms with Gasteiger partial charge in [0.2, 0.25) is 0 Å². The Morgan fingerprint density at radius 3 is 2.64 bits per heavy atom. The van der Waals surface area contributed by atoms with Crippen molar-refractivity contribution < 1.29 is 4.74 Å². The van der Waals surface area contributed by atoms with Gasteiger partial charge in [-0.3, -0.25) is 4.90 Å². The Hall–Kier alpha value is -0.120. The van der Waals surface area contributed by atoms with Crippen molar-refractivity contribution in [3.8, 4) is 0 Å². The minimum atomic E-state index is 0.578. The van der Waals surface area contributed by atoms with Crippen LogP contribution >= 0.6 is 0 Å². The summed E-state index contributed by atoms with van der Waals surface area (Å²) in [5.41, 5.74) is 0. The third-order valence-electron chi connectivity index (χ3n) is 2.82. The second-order valence-corrected chi connectivity index (χ2v) is 4.06. The molecule has 1 unspecified atom stereocenters. The average molecular weight is 200 g/mol. The van der Waals surface area contributed by atoms with Crippen LogP contribution in [0.4, 0.5) is 0 Å². The van der Waals surface area contributed by atoms with Crippen LogP contribution in [0, 0.1) is 0 Å². The molecule has 0 aromatic rings. The maximum Gasteiger partial charge on any atom is 0.0630 e. The molecule has 0 radical (unpaired) electrons. The van der Waals surface area contributed by atoms with Gasteiger partial charge in [0.25, 0.3) is 0 Å². The molecule has 1 heterocycles. The number of nitrogens with one attached hydrogen (secondary N) is 1. The van der Waals surface area contributed by atoms with Gasteiger partial charge in [-0.2, -0.15) is 0 Å². The summed E-state index contributed by atoms with van der Waals surface area (Å²) in [7, 11) is 1.79. The Balaban J connectivity index is 2.22. The quantitative estimate of drug-likeness (QED) is 0.623. The van der Waals surface area contributed by atoms with E-state index in [1.54, 1.807) is 7.11 Å². The monoisotopic (exact) mass is 200 g/mol. The summed E-state index contributed by atoms with van der Waals surface area (Å²) >= 11 is 0. The van der Waals surface area contributed by atoms with Gasteiger partial charge in [0.05, 0.1) is 6.61 Å². The van der Waals surface area contributed by atoms with Gasteiger partial charge < -0.3 is 10.1 Å². The molecule has 14 heavy (non-hydrogen) atoms. The van der Waals surface area contributed by atoms with E-state index >= 15 is 0 Å². The van der Waals surface area contributed by atoms with Crippen molar-refractivity contribution in [1.82, 2.24) is 10.2 Å². The van der Waals surface area contributed by atoms with Crippen LogP contribution in [-0.4, -0.2) is 50.8 Å². The summed E-state index contributed by atoms with van der Waals surface area (Å²) in [6.45, 7) is 7.75. The van der Waals surface area contributed by atoms with Gasteiger partial charge in [-0.15, -0.1) is 0 Å². The molecule has 3 heteroatoms. The van der Waals surface area contributed by atoms with E-state index < -0.39 is 0 Å². The molecule has 1 rings (SSSR count). The minimum absolute atomic E-state index is 0.578. The van der Waals surface area contributed by atoms with Crippen LogP contribution in [0.25, 0.3) is 0 Å². The van der Waals surface area contributed by atoms with E-state index in [4.69, 9.17) is 4.74 Å². The summed E-state index contributed by atoms with van der Waals surface area (Å²) in [4.78, 5) is 2.55. The fourth-order valence-corrected chi connectivity index (χ4v) is 2.04. The van der Waals surface area contributed by atoms with Gasteiger partial charge in [-0.05, 0) is 38.9 Å². The number of hydrogen-bond donors (Lipinski definition) is 1. The molecule has 84 valence electrons. The zero-order valence-corrected chi connectivity index (χ0v) is 9.59. The predicted molar refractivity (Wildman–Crippen MR) is 59.6 cm³/mol. The van der Waals surface area contributed by atoms with Gasteiger partial charge in [-0.25, -0.2) is 0 Å². The molecular formula is C11H24N2O. The Bertz CT molecular complexity index is 135. The van der Waals surface area contributed by atoms with Crippen LogP contribution in [0.5, 0.6) is 0 Å². The highest BCUT2D eigenvalue weighted by atomic mass is 16.5. The van der Waals surface area contributed by atoms with E-state index in [9.17, 15) is 0 Å². The first-order valence-corrected chi connectivity index (χ1v) is 5.82. The van der Waals surface area contributed by atoms with Crippen LogP contribution in [0.2, 0.25) is 0 Å². The second-order valence-electron chi connectivity index (χ2n) is 4.06. The lowest BCUT2D eigenvalue weighted by molar-refractivity contribution is 0.104. The van der Waals surface area contributed by atoms with Gasteiger partial charge in [0.1, 0.15) is 0 Å². The molecule has 1 N–H and O–H groups in total. The molecule has 0 amide bonds. The van der Waals surface area contributed by atoms with E-state index in [0.717, 1.165) is 19.7 Å². The van der Waals surface area contributed by atoms with Gasteiger partial charge >= 0.3 is 0 Å². The third kappa shape index (κ3) is 3.95. The number of methoxy groups -OCH3 is 1. The van der Waals surface area contributed by atoms with Gasteiger partial charge in [0, 0.05) is 19.7 Å². The maximum atomic E-state index is 5.27. The van der Waals surface area contributed by atoms with E-state index in [1.165, 1.54) is 32.4 Å². The number of ether oxygens (including phenoxy) is 1. The zero-order valence-electron chi connectivity index (χ0n) is 9.59. The number of nitrogens with zero attached hydrogens (tertiary/aromatic N) is 1. The molecule has 0 aromatic carbocycles. The normalized spacial score (nSPS) is 20.1. The molecule has 1 saturated heterocycles. The first kappa shape index (κ1) is 12.0. The molecular weight excluding hydrogens is 176 g/mol. The minimum Gasteiger partial charge on any atom is -0.383 e. The Labute approximate surface area is 87.8 Å². The molecule has 1 aliphatic rings. The van der Waals surface area contributed by atoms with E-state index in [1.807, 2.05) is 0 Å². The van der Waals surface area contributed by atoms with Crippen molar-refractivity contribution in [2.24, 2.45) is 0 Å². The Morgan fingerprint density at radius 2 is 2.07 bits per heavy atom. The van der Waals surface area contributed by atoms with Crippen molar-refractivity contribution in [2.75, 3.05) is 39.9 Å². The highest BCUT2D eigenvalue weighted by Gasteiger charge is 2.20. The van der Waals surface area contributed by atoms with Crippen LogP contribution < -0.4 is 5.32 Å². The van der Waals surface area contributed by atoms with Crippen molar-refractivity contribution in [2.45, 2.75) is 32.2 Å². The molecule has 1 fully saturated rings. The fourth-order valence-electron chi connectivity index (χ4n) is 2.04. The van der Waals surface area contributed by atoms with Gasteiger partial charge in [0.15, 0.2) is 0 Å². The number of rotatable bonds is 7. The zero-order chi connectivity index (χ0) is 10.2. The Morgan fingerprint density at radius 1 is 1.36 bits per heavy atom. The average Bonchev–Trinajstić information content (AvgIpc) is 2.70. The molecule has 0 saturated carbocycles. The third-order valence-corrected chi connectivity index (χ3v) is 2.82. The van der Waals surface area contributed by atoms with E-state index in [0.29, 0.717) is 6.04 Å². The smallest absolute Gasteiger partial charge is 0.0630 e. The van der Waals surface area contributed by atoms with E-state index in [-0.39, 0.29) is 0 Å². The highest BCUT2D eigenvalue weighted by Crippen LogP contribution is 2.11. The first-order valence-electron chi connectivity index (χ1n) is 5.82. The Kier molecular flexibility index (Phi) is 6.15. The maximum absolute atomic E-state index is 5.27. The lowest BCUT2D eigenvalue weighted by atomic mass is 10.2. The standard InChI is InChI=1S/C11H24N2O/c1-3-6-12-9-11(10-14-2)13-7-4-5-8-13/h11-12H,3-10H2,1-2H3. The summed E-state index contributed by atoms with van der Waals surface area (Å²) in [6, 6.07) is 0.578. The van der Waals surface area contributed by atoms with Crippen LogP contribution in [0.1, 0.15) is 26.2 Å². The summed E-state index contributed by atoms with van der Waals surface area (Å²) in [5.74, 6) is 0. The molecule has 0 spiro atoms. The van der Waals surface area contributed by atoms with Gasteiger partial charge in [-0.1, -0.05) is 6.92 Å². The largest absolute Gasteiger partial charge is 0.383 e. The summed E-state index contributed by atoms with van der Waals surface area (Å²) in [5, 5.41) is 3.48. The lowest BCUT2D eigenvalue weighted by Gasteiger charge is -2.27. The number of hydrogen-bond acceptors (Lipinski definition) is 3. The summed E-state index contributed by atoms with van der Waals surface area (Å²) in [6.07, 6.45) is 3.92. The molecule has 0 aliphatic carbocycles. The molecule has 1 atom stereocenters. The predicted octanol–water partition coefficient (Wildman–Crippen LogP) is 1.10. The van der Waals surface area contributed by atoms with E-state index in [2.05, 4.69) is 17.1 Å². The SMILES string of the molecule is CCCNCC(COC)N1CCCC1. The topological polar surface area (TPSA) is 24.5 Å². The molecule has 0 aromatic heterocycles. The number of likely N-dealkylation sites (tertiary alicyclic amines) is 1. The van der Waals surface area contributed by atoms with Crippen LogP contribution in [-0.2, 0) is 4.74 Å². The van der Waals surface area contributed by atoms with Crippen molar-refractivity contribution in [1.29, 1.82) is 0 Å². The van der Waals surface area contributed by atoms with Crippen LogP contribution in [0.15, 0.2) is 0 Å². The van der Waals surface area contributed by atoms with Crippen LogP contribution in [0.3, 0.4) is 0 Å². The second kappa shape index (κ2) is 7.21. The van der Waals surface area contributed by atoms with Crippen molar-refractivity contribution in [3.05, 3.63) is 0 Å².